The van der Waals surface area contributed by atoms with Crippen LogP contribution >= 0.6 is 22.9 Å². The summed E-state index contributed by atoms with van der Waals surface area (Å²) in [6.07, 6.45) is 8.29. The Morgan fingerprint density at radius 3 is 2.50 bits per heavy atom. The number of pyridine rings is 1. The molecule has 1 amide bonds. The van der Waals surface area contributed by atoms with Crippen molar-refractivity contribution >= 4 is 38.7 Å². The summed E-state index contributed by atoms with van der Waals surface area (Å²) in [5.74, 6) is 0.239. The van der Waals surface area contributed by atoms with Gasteiger partial charge in [0.1, 0.15) is 10.5 Å². The molecule has 7 nitrogen and oxygen atoms in total. The quantitative estimate of drug-likeness (QED) is 0.559. The van der Waals surface area contributed by atoms with Crippen LogP contribution in [-0.4, -0.2) is 36.1 Å². The second-order valence-corrected chi connectivity index (χ2v) is 13.2. The van der Waals surface area contributed by atoms with Crippen LogP contribution in [0.15, 0.2) is 41.1 Å². The van der Waals surface area contributed by atoms with Crippen LogP contribution in [0.4, 0.5) is 0 Å². The molecule has 1 N–H and O–H groups in total. The predicted octanol–water partition coefficient (Wildman–Crippen LogP) is 4.09. The van der Waals surface area contributed by atoms with Gasteiger partial charge in [0, 0.05) is 29.6 Å². The number of hydrogen-bond acceptors (Lipinski definition) is 7. The summed E-state index contributed by atoms with van der Waals surface area (Å²) in [5, 5.41) is 4.78. The summed E-state index contributed by atoms with van der Waals surface area (Å²) in [6, 6.07) is 6.89. The second kappa shape index (κ2) is 6.42. The number of nitrogens with one attached hydrogen (secondary N) is 1. The van der Waals surface area contributed by atoms with Crippen LogP contribution in [0.5, 0.6) is 0 Å². The van der Waals surface area contributed by atoms with E-state index in [0.717, 1.165) is 34.8 Å². The molecule has 4 aliphatic rings. The van der Waals surface area contributed by atoms with E-state index in [2.05, 4.69) is 15.3 Å². The summed E-state index contributed by atoms with van der Waals surface area (Å²) >= 11 is 7.56. The Hall–Kier alpha value is -2.23. The van der Waals surface area contributed by atoms with Crippen molar-refractivity contribution in [3.05, 3.63) is 58.2 Å². The van der Waals surface area contributed by atoms with Crippen LogP contribution in [0.2, 0.25) is 5.02 Å². The van der Waals surface area contributed by atoms with Crippen molar-refractivity contribution in [3.63, 3.8) is 0 Å². The highest BCUT2D eigenvalue weighted by Gasteiger charge is 2.70. The van der Waals surface area contributed by atoms with Gasteiger partial charge >= 0.3 is 0 Å². The highest BCUT2D eigenvalue weighted by molar-refractivity contribution is 7.91. The van der Waals surface area contributed by atoms with Gasteiger partial charge in [0.05, 0.1) is 20.6 Å². The standard InChI is InChI=1S/C22H20ClN3O4S2/c1-32(28,29)22(6-7-22)17-5-4-15(30-17)18(27)26-21-10-20(11-21,12-21)19-25-9-16(31-19)14-3-2-13(23)8-24-14/h2-5,8-9H,6-7,10-12H2,1H3,(H,26,27). The molecule has 2 bridgehead atoms. The average molecular weight is 490 g/mol. The Morgan fingerprint density at radius 1 is 1.12 bits per heavy atom. The van der Waals surface area contributed by atoms with Crippen molar-refractivity contribution in [1.82, 2.24) is 15.3 Å². The van der Waals surface area contributed by atoms with Crippen molar-refractivity contribution in [1.29, 1.82) is 0 Å². The SMILES string of the molecule is CS(=O)(=O)C1(c2ccc(C(=O)NC34CC(c5ncc(-c6ccc(Cl)cn6)s5)(C3)C4)o2)CC1. The molecular weight excluding hydrogens is 470 g/mol. The van der Waals surface area contributed by atoms with Gasteiger partial charge in [-0.1, -0.05) is 11.6 Å². The first-order valence-corrected chi connectivity index (χ1v) is 13.4. The van der Waals surface area contributed by atoms with Crippen LogP contribution in [0.3, 0.4) is 0 Å². The van der Waals surface area contributed by atoms with Crippen LogP contribution < -0.4 is 5.32 Å². The highest BCUT2D eigenvalue weighted by Crippen LogP contribution is 2.68. The van der Waals surface area contributed by atoms with Crippen molar-refractivity contribution in [2.75, 3.05) is 6.26 Å². The Bertz CT molecular complexity index is 1340. The number of sulfone groups is 1. The summed E-state index contributed by atoms with van der Waals surface area (Å²) in [5.41, 5.74) is 0.636. The zero-order valence-corrected chi connectivity index (χ0v) is 19.6. The number of carbonyl (C=O) groups is 1. The molecule has 0 atom stereocenters. The summed E-state index contributed by atoms with van der Waals surface area (Å²) < 4.78 is 28.9. The Balaban J connectivity index is 1.12. The number of rotatable bonds is 6. The maximum absolute atomic E-state index is 12.8. The lowest BCUT2D eigenvalue weighted by atomic mass is 9.39. The fourth-order valence-electron chi connectivity index (χ4n) is 5.23. The molecule has 0 aromatic carbocycles. The van der Waals surface area contributed by atoms with Gasteiger partial charge in [0.25, 0.3) is 5.91 Å². The van der Waals surface area contributed by atoms with Crippen molar-refractivity contribution in [2.24, 2.45) is 0 Å². The van der Waals surface area contributed by atoms with Crippen LogP contribution in [0.1, 0.15) is 53.4 Å². The summed E-state index contributed by atoms with van der Waals surface area (Å²) in [7, 11) is -3.28. The molecule has 166 valence electrons. The van der Waals surface area contributed by atoms with Gasteiger partial charge in [-0.25, -0.2) is 13.4 Å². The minimum atomic E-state index is -3.28. The van der Waals surface area contributed by atoms with Gasteiger partial charge in [0.15, 0.2) is 15.6 Å². The van der Waals surface area contributed by atoms with E-state index < -0.39 is 14.6 Å². The Kier molecular flexibility index (Phi) is 4.09. The van der Waals surface area contributed by atoms with E-state index >= 15 is 0 Å². The fourth-order valence-corrected chi connectivity index (χ4v) is 7.74. The molecule has 0 spiro atoms. The molecule has 10 heteroatoms. The Labute approximate surface area is 194 Å². The number of nitrogens with zero attached hydrogens (tertiary/aromatic N) is 2. The number of furan rings is 1. The van der Waals surface area contributed by atoms with E-state index in [4.69, 9.17) is 16.0 Å². The average Bonchev–Trinajstić information content (AvgIpc) is 3.14. The first kappa shape index (κ1) is 20.4. The molecule has 3 aromatic rings. The lowest BCUT2D eigenvalue weighted by molar-refractivity contribution is -0.0812. The number of halogens is 1. The lowest BCUT2D eigenvalue weighted by Crippen LogP contribution is -2.76. The van der Waals surface area contributed by atoms with Crippen LogP contribution in [0, 0.1) is 0 Å². The van der Waals surface area contributed by atoms with E-state index in [1.54, 1.807) is 29.7 Å². The number of carbonyl (C=O) groups excluding carboxylic acids is 1. The van der Waals surface area contributed by atoms with Gasteiger partial charge in [0.2, 0.25) is 0 Å². The molecular formula is C22H20ClN3O4S2. The minimum Gasteiger partial charge on any atom is -0.454 e. The van der Waals surface area contributed by atoms with E-state index in [1.165, 1.54) is 6.26 Å². The van der Waals surface area contributed by atoms with Crippen molar-refractivity contribution in [3.8, 4) is 10.6 Å². The number of thiazole rings is 1. The maximum atomic E-state index is 12.8. The normalized spacial score (nSPS) is 27.3. The zero-order valence-electron chi connectivity index (χ0n) is 17.2. The van der Waals surface area contributed by atoms with E-state index in [0.29, 0.717) is 23.6 Å². The van der Waals surface area contributed by atoms with Gasteiger partial charge in [-0.2, -0.15) is 0 Å². The Morgan fingerprint density at radius 2 is 1.88 bits per heavy atom. The molecule has 3 aromatic heterocycles. The molecule has 4 aliphatic carbocycles. The highest BCUT2D eigenvalue weighted by atomic mass is 35.5. The van der Waals surface area contributed by atoms with Crippen molar-refractivity contribution < 1.29 is 17.6 Å². The molecule has 0 radical (unpaired) electrons. The first-order chi connectivity index (χ1) is 15.1. The largest absolute Gasteiger partial charge is 0.454 e. The molecule has 4 fully saturated rings. The van der Waals surface area contributed by atoms with E-state index in [9.17, 15) is 13.2 Å². The van der Waals surface area contributed by atoms with Crippen LogP contribution in [0.25, 0.3) is 10.6 Å². The fraction of sp³-hybridized carbons (Fsp3) is 0.409. The third kappa shape index (κ3) is 2.90. The molecule has 0 saturated heterocycles. The summed E-state index contributed by atoms with van der Waals surface area (Å²) in [6.45, 7) is 0. The van der Waals surface area contributed by atoms with Crippen molar-refractivity contribution in [2.45, 2.75) is 47.8 Å². The number of aromatic nitrogens is 2. The molecule has 3 heterocycles. The summed E-state index contributed by atoms with van der Waals surface area (Å²) in [4.78, 5) is 22.8. The molecule has 7 rings (SSSR count). The van der Waals surface area contributed by atoms with Crippen LogP contribution in [-0.2, 0) is 20.0 Å². The third-order valence-electron chi connectivity index (χ3n) is 7.04. The topological polar surface area (TPSA) is 102 Å². The maximum Gasteiger partial charge on any atom is 0.287 e. The van der Waals surface area contributed by atoms with Gasteiger partial charge < -0.3 is 9.73 Å². The smallest absolute Gasteiger partial charge is 0.287 e. The minimum absolute atomic E-state index is 0.0192. The van der Waals surface area contributed by atoms with Gasteiger partial charge in [-0.15, -0.1) is 11.3 Å². The van der Waals surface area contributed by atoms with E-state index in [-0.39, 0.29) is 22.6 Å². The second-order valence-electron chi connectivity index (χ2n) is 9.37. The molecule has 0 unspecified atom stereocenters. The van der Waals surface area contributed by atoms with Gasteiger partial charge in [-0.3, -0.25) is 9.78 Å². The lowest BCUT2D eigenvalue weighted by Gasteiger charge is -2.69. The first-order valence-electron chi connectivity index (χ1n) is 10.3. The molecule has 4 saturated carbocycles. The van der Waals surface area contributed by atoms with E-state index in [1.807, 2.05) is 18.3 Å². The molecule has 32 heavy (non-hydrogen) atoms. The predicted molar refractivity (Wildman–Crippen MR) is 121 cm³/mol. The number of hydrogen-bond donors (Lipinski definition) is 1. The molecule has 0 aliphatic heterocycles. The third-order valence-corrected chi connectivity index (χ3v) is 10.6. The zero-order chi connectivity index (χ0) is 22.4. The monoisotopic (exact) mass is 489 g/mol. The van der Waals surface area contributed by atoms with Gasteiger partial charge in [-0.05, 0) is 56.4 Å². The number of amides is 1.